The Morgan fingerprint density at radius 2 is 1.96 bits per heavy atom. The van der Waals surface area contributed by atoms with Crippen molar-refractivity contribution in [1.29, 1.82) is 0 Å². The number of halogens is 1. The molecule has 1 aromatic carbocycles. The fourth-order valence-corrected chi connectivity index (χ4v) is 3.29. The van der Waals surface area contributed by atoms with Crippen molar-refractivity contribution >= 4 is 41.4 Å². The number of hydrogen-bond donors (Lipinski definition) is 1. The molecule has 0 atom stereocenters. The lowest BCUT2D eigenvalue weighted by Crippen LogP contribution is -2.40. The highest BCUT2D eigenvalue weighted by molar-refractivity contribution is 14.0. The number of aromatic nitrogens is 1. The van der Waals surface area contributed by atoms with E-state index in [-0.39, 0.29) is 24.0 Å². The molecule has 5 nitrogen and oxygen atoms in total. The van der Waals surface area contributed by atoms with Gasteiger partial charge in [-0.25, -0.2) is 4.98 Å². The first kappa shape index (κ1) is 20.5. The molecule has 0 saturated heterocycles. The molecule has 0 saturated carbocycles. The second-order valence-corrected chi connectivity index (χ2v) is 6.13. The number of benzene rings is 1. The summed E-state index contributed by atoms with van der Waals surface area (Å²) < 4.78 is 0. The Morgan fingerprint density at radius 1 is 1.19 bits per heavy atom. The zero-order valence-corrected chi connectivity index (χ0v) is 18.1. The fraction of sp³-hybridized carbons (Fsp3) is 0.400. The number of rotatable bonds is 5. The molecule has 26 heavy (non-hydrogen) atoms. The summed E-state index contributed by atoms with van der Waals surface area (Å²) in [6, 6.07) is 12.8. The van der Waals surface area contributed by atoms with Crippen molar-refractivity contribution in [2.45, 2.75) is 26.8 Å². The van der Waals surface area contributed by atoms with Gasteiger partial charge in [-0.05, 0) is 43.5 Å². The molecule has 2 aromatic rings. The van der Waals surface area contributed by atoms with Gasteiger partial charge in [0.15, 0.2) is 5.96 Å². The average Bonchev–Trinajstić information content (AvgIpc) is 3.09. The molecule has 0 bridgehead atoms. The summed E-state index contributed by atoms with van der Waals surface area (Å²) >= 11 is 0. The fourth-order valence-electron chi connectivity index (χ4n) is 3.29. The van der Waals surface area contributed by atoms with Gasteiger partial charge in [-0.1, -0.05) is 24.3 Å². The highest BCUT2D eigenvalue weighted by Gasteiger charge is 2.22. The monoisotopic (exact) mass is 465 g/mol. The summed E-state index contributed by atoms with van der Waals surface area (Å²) in [5.74, 6) is 1.95. The first-order chi connectivity index (χ1) is 12.3. The van der Waals surface area contributed by atoms with E-state index in [1.807, 2.05) is 13.2 Å². The smallest absolute Gasteiger partial charge is 0.198 e. The van der Waals surface area contributed by atoms with E-state index in [9.17, 15) is 0 Å². The Labute approximate surface area is 173 Å². The topological polar surface area (TPSA) is 43.8 Å². The summed E-state index contributed by atoms with van der Waals surface area (Å²) in [5.41, 5.74) is 3.80. The minimum absolute atomic E-state index is 0. The molecular formula is C20H28IN5. The van der Waals surface area contributed by atoms with E-state index in [4.69, 9.17) is 0 Å². The highest BCUT2D eigenvalue weighted by atomic mass is 127. The number of para-hydroxylation sites is 1. The van der Waals surface area contributed by atoms with Gasteiger partial charge in [0.05, 0.1) is 0 Å². The van der Waals surface area contributed by atoms with Gasteiger partial charge >= 0.3 is 0 Å². The van der Waals surface area contributed by atoms with Crippen molar-refractivity contribution in [3.63, 3.8) is 0 Å². The molecule has 3 rings (SSSR count). The molecule has 0 radical (unpaired) electrons. The van der Waals surface area contributed by atoms with Gasteiger partial charge in [0.2, 0.25) is 0 Å². The Balaban J connectivity index is 0.00000243. The second kappa shape index (κ2) is 9.75. The highest BCUT2D eigenvalue weighted by Crippen LogP contribution is 2.27. The van der Waals surface area contributed by atoms with Crippen molar-refractivity contribution in [3.05, 3.63) is 53.7 Å². The van der Waals surface area contributed by atoms with Crippen LogP contribution < -0.4 is 15.1 Å². The molecule has 6 heteroatoms. The van der Waals surface area contributed by atoms with Crippen LogP contribution in [0.4, 0.5) is 11.5 Å². The van der Waals surface area contributed by atoms with E-state index in [1.54, 1.807) is 0 Å². The summed E-state index contributed by atoms with van der Waals surface area (Å²) in [5, 5.41) is 3.47. The van der Waals surface area contributed by atoms with E-state index >= 15 is 0 Å². The first-order valence-electron chi connectivity index (χ1n) is 9.02. The molecule has 140 valence electrons. The maximum absolute atomic E-state index is 4.59. The van der Waals surface area contributed by atoms with Gasteiger partial charge in [0.1, 0.15) is 5.82 Å². The number of fused-ring (bicyclic) bond motifs is 1. The minimum atomic E-state index is 0. The molecule has 1 aliphatic heterocycles. The van der Waals surface area contributed by atoms with Crippen LogP contribution in [0.5, 0.6) is 0 Å². The van der Waals surface area contributed by atoms with Gasteiger partial charge in [-0.15, -0.1) is 24.0 Å². The molecule has 0 amide bonds. The lowest BCUT2D eigenvalue weighted by atomic mass is 10.2. The Bertz CT molecular complexity index is 725. The van der Waals surface area contributed by atoms with Crippen LogP contribution in [0.2, 0.25) is 0 Å². The van der Waals surface area contributed by atoms with Crippen molar-refractivity contribution in [2.24, 2.45) is 4.99 Å². The van der Waals surface area contributed by atoms with Crippen molar-refractivity contribution in [3.8, 4) is 0 Å². The lowest BCUT2D eigenvalue weighted by Gasteiger charge is -2.23. The third kappa shape index (κ3) is 4.47. The lowest BCUT2D eigenvalue weighted by molar-refractivity contribution is 0.834. The van der Waals surface area contributed by atoms with Gasteiger partial charge in [0.25, 0.3) is 0 Å². The van der Waals surface area contributed by atoms with E-state index in [0.717, 1.165) is 49.9 Å². The molecule has 0 unspecified atom stereocenters. The van der Waals surface area contributed by atoms with Crippen LogP contribution in [-0.4, -0.2) is 37.6 Å². The quantitative estimate of drug-likeness (QED) is 0.416. The Kier molecular flexibility index (Phi) is 7.68. The average molecular weight is 465 g/mol. The summed E-state index contributed by atoms with van der Waals surface area (Å²) in [7, 11) is 1.84. The van der Waals surface area contributed by atoms with Gasteiger partial charge in [-0.3, -0.25) is 4.99 Å². The zero-order chi connectivity index (χ0) is 17.6. The van der Waals surface area contributed by atoms with Crippen molar-refractivity contribution in [1.82, 2.24) is 10.3 Å². The van der Waals surface area contributed by atoms with Crippen LogP contribution in [0, 0.1) is 0 Å². The van der Waals surface area contributed by atoms with Crippen molar-refractivity contribution < 1.29 is 0 Å². The summed E-state index contributed by atoms with van der Waals surface area (Å²) in [6.45, 7) is 7.94. The summed E-state index contributed by atoms with van der Waals surface area (Å²) in [6.07, 6.45) is 3.02. The number of pyridine rings is 1. The number of guanidine groups is 1. The third-order valence-corrected chi connectivity index (χ3v) is 4.70. The molecule has 1 N–H and O–H groups in total. The van der Waals surface area contributed by atoms with Gasteiger partial charge < -0.3 is 15.1 Å². The van der Waals surface area contributed by atoms with Crippen LogP contribution >= 0.6 is 24.0 Å². The van der Waals surface area contributed by atoms with Crippen molar-refractivity contribution in [2.75, 3.05) is 36.5 Å². The largest absolute Gasteiger partial charge is 0.357 e. The van der Waals surface area contributed by atoms with E-state index < -0.39 is 0 Å². The summed E-state index contributed by atoms with van der Waals surface area (Å²) in [4.78, 5) is 13.6. The number of nitrogens with zero attached hydrogens (tertiary/aromatic N) is 4. The molecule has 0 aliphatic carbocycles. The SMILES string of the molecule is CCN(CC)c1ccc(CNC(=NC)N2CCc3ccccc32)cn1.I. The van der Waals surface area contributed by atoms with Gasteiger partial charge in [0, 0.05) is 45.1 Å². The number of hydrogen-bond acceptors (Lipinski definition) is 3. The van der Waals surface area contributed by atoms with E-state index in [0.29, 0.717) is 0 Å². The van der Waals surface area contributed by atoms with Gasteiger partial charge in [-0.2, -0.15) is 0 Å². The molecule has 0 fully saturated rings. The first-order valence-corrected chi connectivity index (χ1v) is 9.02. The molecule has 0 spiro atoms. The predicted molar refractivity (Wildman–Crippen MR) is 121 cm³/mol. The number of nitrogens with one attached hydrogen (secondary N) is 1. The van der Waals surface area contributed by atoms with Crippen LogP contribution in [-0.2, 0) is 13.0 Å². The number of aliphatic imine (C=N–C) groups is 1. The third-order valence-electron chi connectivity index (χ3n) is 4.70. The normalized spacial score (nSPS) is 13.2. The predicted octanol–water partition coefficient (Wildman–Crippen LogP) is 3.68. The van der Waals surface area contributed by atoms with Crippen LogP contribution in [0.1, 0.15) is 25.0 Å². The molecule has 1 aromatic heterocycles. The number of anilines is 2. The van der Waals surface area contributed by atoms with Crippen LogP contribution in [0.15, 0.2) is 47.6 Å². The molecule has 1 aliphatic rings. The maximum atomic E-state index is 4.59. The van der Waals surface area contributed by atoms with E-state index in [1.165, 1.54) is 11.3 Å². The second-order valence-electron chi connectivity index (χ2n) is 6.13. The van der Waals surface area contributed by atoms with E-state index in [2.05, 4.69) is 75.3 Å². The van der Waals surface area contributed by atoms with Crippen LogP contribution in [0.25, 0.3) is 0 Å². The maximum Gasteiger partial charge on any atom is 0.198 e. The zero-order valence-electron chi connectivity index (χ0n) is 15.8. The Hall–Kier alpha value is -1.83. The Morgan fingerprint density at radius 3 is 2.62 bits per heavy atom. The minimum Gasteiger partial charge on any atom is -0.357 e. The standard InChI is InChI=1S/C20H27N5.HI/c1-4-24(5-2)19-11-10-16(14-22-19)15-23-20(21-3)25-13-12-17-8-6-7-9-18(17)25;/h6-11,14H,4-5,12-13,15H2,1-3H3,(H,21,23);1H. The molecular weight excluding hydrogens is 437 g/mol. The molecule has 2 heterocycles. The van der Waals surface area contributed by atoms with Crippen LogP contribution in [0.3, 0.4) is 0 Å².